The lowest BCUT2D eigenvalue weighted by Crippen LogP contribution is -2.43. The van der Waals surface area contributed by atoms with Crippen LogP contribution in [0.1, 0.15) is 37.3 Å². The van der Waals surface area contributed by atoms with Gasteiger partial charge < -0.3 is 14.6 Å². The highest BCUT2D eigenvalue weighted by atomic mass is 79.9. The molecule has 1 aliphatic carbocycles. The number of hydrogen-bond acceptors (Lipinski definition) is 3. The largest absolute Gasteiger partial charge is 0.481 e. The summed E-state index contributed by atoms with van der Waals surface area (Å²) in [5.74, 6) is 0.666. The smallest absolute Gasteiger partial charge is 0.314 e. The molecule has 0 unspecified atom stereocenters. The second-order valence-electron chi connectivity index (χ2n) is 5.04. The second-order valence-corrected chi connectivity index (χ2v) is 5.90. The summed E-state index contributed by atoms with van der Waals surface area (Å²) in [6.07, 6.45) is 3.09. The third-order valence-corrected chi connectivity index (χ3v) is 4.77. The van der Waals surface area contributed by atoms with E-state index in [1.807, 2.05) is 13.0 Å². The average Bonchev–Trinajstić information content (AvgIpc) is 2.77. The van der Waals surface area contributed by atoms with Crippen molar-refractivity contribution in [3.63, 3.8) is 0 Å². The fourth-order valence-electron chi connectivity index (χ4n) is 2.99. The molecule has 0 spiro atoms. The highest BCUT2D eigenvalue weighted by molar-refractivity contribution is 9.10. The Kier molecular flexibility index (Phi) is 2.96. The molecule has 1 aromatic rings. The molecule has 1 aromatic carbocycles. The van der Waals surface area contributed by atoms with Crippen LogP contribution in [0.2, 0.25) is 0 Å². The Balaban J connectivity index is 2.22. The summed E-state index contributed by atoms with van der Waals surface area (Å²) in [5.41, 5.74) is 1.11. The molecule has 102 valence electrons. The van der Waals surface area contributed by atoms with Gasteiger partial charge in [-0.3, -0.25) is 4.79 Å². The van der Waals surface area contributed by atoms with E-state index >= 15 is 0 Å². The zero-order valence-electron chi connectivity index (χ0n) is 10.7. The van der Waals surface area contributed by atoms with Crippen LogP contribution in [-0.4, -0.2) is 17.9 Å². The molecule has 0 radical (unpaired) electrons. The molecule has 0 saturated heterocycles. The van der Waals surface area contributed by atoms with Gasteiger partial charge in [0, 0.05) is 5.56 Å². The molecule has 1 N–H and O–H groups in total. The summed E-state index contributed by atoms with van der Waals surface area (Å²) in [5, 5.41) is 9.61. The first-order chi connectivity index (χ1) is 9.10. The van der Waals surface area contributed by atoms with Gasteiger partial charge in [0.05, 0.1) is 9.89 Å². The molecule has 1 heterocycles. The van der Waals surface area contributed by atoms with Gasteiger partial charge >= 0.3 is 5.97 Å². The Morgan fingerprint density at radius 2 is 2.11 bits per heavy atom. The van der Waals surface area contributed by atoms with E-state index in [1.54, 1.807) is 0 Å². The summed E-state index contributed by atoms with van der Waals surface area (Å²) >= 11 is 3.46. The zero-order chi connectivity index (χ0) is 13.6. The van der Waals surface area contributed by atoms with Crippen LogP contribution in [0.25, 0.3) is 0 Å². The monoisotopic (exact) mass is 326 g/mol. The molecular formula is C14H15BrO4. The van der Waals surface area contributed by atoms with Crippen LogP contribution < -0.4 is 9.47 Å². The molecule has 1 saturated carbocycles. The summed E-state index contributed by atoms with van der Waals surface area (Å²) in [6.45, 7) is 2.22. The second kappa shape index (κ2) is 4.40. The van der Waals surface area contributed by atoms with Crippen LogP contribution in [0, 0.1) is 0 Å². The standard InChI is InChI=1S/C14H15BrO4/c1-2-8-9(14(13(16)17)4-3-5-14)6-10(15)12-11(8)18-7-19-12/h6H,2-5,7H2,1H3,(H,16,17). The van der Waals surface area contributed by atoms with E-state index in [-0.39, 0.29) is 6.79 Å². The summed E-state index contributed by atoms with van der Waals surface area (Å²) < 4.78 is 11.8. The highest BCUT2D eigenvalue weighted by Crippen LogP contribution is 2.52. The lowest BCUT2D eigenvalue weighted by Gasteiger charge is -2.39. The predicted molar refractivity (Wildman–Crippen MR) is 72.8 cm³/mol. The number of halogens is 1. The number of benzene rings is 1. The molecule has 3 rings (SSSR count). The Bertz CT molecular complexity index is 549. The molecular weight excluding hydrogens is 312 g/mol. The molecule has 0 atom stereocenters. The molecule has 0 bridgehead atoms. The number of ether oxygens (including phenoxy) is 2. The molecule has 4 nitrogen and oxygen atoms in total. The van der Waals surface area contributed by atoms with Gasteiger partial charge in [-0.1, -0.05) is 13.3 Å². The topological polar surface area (TPSA) is 55.8 Å². The van der Waals surface area contributed by atoms with E-state index in [2.05, 4.69) is 15.9 Å². The van der Waals surface area contributed by atoms with E-state index in [1.165, 1.54) is 0 Å². The molecule has 0 amide bonds. The third-order valence-electron chi connectivity index (χ3n) is 4.19. The van der Waals surface area contributed by atoms with Crippen LogP contribution in [0.15, 0.2) is 10.5 Å². The zero-order valence-corrected chi connectivity index (χ0v) is 12.2. The third kappa shape index (κ3) is 1.67. The van der Waals surface area contributed by atoms with Crippen molar-refractivity contribution >= 4 is 21.9 Å². The summed E-state index contributed by atoms with van der Waals surface area (Å²) in [4.78, 5) is 11.7. The van der Waals surface area contributed by atoms with E-state index in [4.69, 9.17) is 9.47 Å². The van der Waals surface area contributed by atoms with Crippen molar-refractivity contribution in [3.05, 3.63) is 21.7 Å². The van der Waals surface area contributed by atoms with Crippen LogP contribution in [0.3, 0.4) is 0 Å². The van der Waals surface area contributed by atoms with Crippen LogP contribution >= 0.6 is 15.9 Å². The van der Waals surface area contributed by atoms with Gasteiger partial charge in [0.25, 0.3) is 0 Å². The lowest BCUT2D eigenvalue weighted by molar-refractivity contribution is -0.147. The van der Waals surface area contributed by atoms with Gasteiger partial charge in [-0.15, -0.1) is 0 Å². The molecule has 0 aromatic heterocycles. The number of carboxylic acid groups (broad SMARTS) is 1. The first-order valence-electron chi connectivity index (χ1n) is 6.45. The number of hydrogen-bond donors (Lipinski definition) is 1. The van der Waals surface area contributed by atoms with Crippen molar-refractivity contribution in [2.75, 3.05) is 6.79 Å². The minimum Gasteiger partial charge on any atom is -0.481 e. The van der Waals surface area contributed by atoms with E-state index in [9.17, 15) is 9.90 Å². The van der Waals surface area contributed by atoms with Crippen LogP contribution in [-0.2, 0) is 16.6 Å². The van der Waals surface area contributed by atoms with E-state index in [0.29, 0.717) is 24.3 Å². The molecule has 1 fully saturated rings. The first-order valence-corrected chi connectivity index (χ1v) is 7.24. The molecule has 1 aliphatic heterocycles. The Hall–Kier alpha value is -1.23. The maximum atomic E-state index is 11.7. The van der Waals surface area contributed by atoms with E-state index in [0.717, 1.165) is 28.4 Å². The fourth-order valence-corrected chi connectivity index (χ4v) is 3.51. The predicted octanol–water partition coefficient (Wildman–Crippen LogP) is 3.25. The number of carboxylic acids is 1. The Morgan fingerprint density at radius 1 is 1.42 bits per heavy atom. The molecule has 19 heavy (non-hydrogen) atoms. The van der Waals surface area contributed by atoms with Crippen molar-refractivity contribution in [2.24, 2.45) is 0 Å². The highest BCUT2D eigenvalue weighted by Gasteiger charge is 2.48. The maximum Gasteiger partial charge on any atom is 0.314 e. The summed E-state index contributed by atoms with van der Waals surface area (Å²) in [7, 11) is 0. The normalized spacial score (nSPS) is 19.1. The van der Waals surface area contributed by atoms with Crippen molar-refractivity contribution in [2.45, 2.75) is 38.0 Å². The number of rotatable bonds is 3. The van der Waals surface area contributed by atoms with Crippen molar-refractivity contribution < 1.29 is 19.4 Å². The minimum atomic E-state index is -0.741. The lowest BCUT2D eigenvalue weighted by atomic mass is 9.63. The van der Waals surface area contributed by atoms with Gasteiger partial charge in [-0.05, 0) is 46.8 Å². The Morgan fingerprint density at radius 3 is 2.63 bits per heavy atom. The fraction of sp³-hybridized carbons (Fsp3) is 0.500. The quantitative estimate of drug-likeness (QED) is 0.926. The van der Waals surface area contributed by atoms with E-state index < -0.39 is 11.4 Å². The van der Waals surface area contributed by atoms with Crippen molar-refractivity contribution in [1.29, 1.82) is 0 Å². The summed E-state index contributed by atoms with van der Waals surface area (Å²) in [6, 6.07) is 1.90. The maximum absolute atomic E-state index is 11.7. The Labute approximate surface area is 119 Å². The first kappa shape index (κ1) is 12.8. The molecule has 5 heteroatoms. The number of fused-ring (bicyclic) bond motifs is 1. The van der Waals surface area contributed by atoms with Crippen LogP contribution in [0.5, 0.6) is 11.5 Å². The number of carbonyl (C=O) groups is 1. The van der Waals surface area contributed by atoms with Gasteiger partial charge in [-0.25, -0.2) is 0 Å². The minimum absolute atomic E-state index is 0.199. The van der Waals surface area contributed by atoms with Gasteiger partial charge in [0.1, 0.15) is 0 Å². The van der Waals surface area contributed by atoms with Gasteiger partial charge in [0.2, 0.25) is 6.79 Å². The van der Waals surface area contributed by atoms with Crippen molar-refractivity contribution in [1.82, 2.24) is 0 Å². The van der Waals surface area contributed by atoms with Gasteiger partial charge in [0.15, 0.2) is 11.5 Å². The van der Waals surface area contributed by atoms with Crippen LogP contribution in [0.4, 0.5) is 0 Å². The molecule has 2 aliphatic rings. The number of aliphatic carboxylic acids is 1. The average molecular weight is 327 g/mol. The SMILES string of the molecule is CCc1c(C2(C(=O)O)CCC2)cc(Br)c2c1OCO2. The van der Waals surface area contributed by atoms with Crippen molar-refractivity contribution in [3.8, 4) is 11.5 Å². The van der Waals surface area contributed by atoms with Gasteiger partial charge in [-0.2, -0.15) is 0 Å².